The van der Waals surface area contributed by atoms with Crippen LogP contribution in [0.5, 0.6) is 5.75 Å². The van der Waals surface area contributed by atoms with Gasteiger partial charge in [-0.3, -0.25) is 14.5 Å². The second-order valence-electron chi connectivity index (χ2n) is 8.00. The summed E-state index contributed by atoms with van der Waals surface area (Å²) in [4.78, 5) is 37.6. The predicted molar refractivity (Wildman–Crippen MR) is 129 cm³/mol. The van der Waals surface area contributed by atoms with E-state index in [2.05, 4.69) is 15.3 Å². The molecule has 1 aromatic carbocycles. The van der Waals surface area contributed by atoms with Gasteiger partial charge >= 0.3 is 0 Å². The van der Waals surface area contributed by atoms with Gasteiger partial charge in [0.15, 0.2) is 5.78 Å². The summed E-state index contributed by atoms with van der Waals surface area (Å²) >= 11 is 2.76. The van der Waals surface area contributed by atoms with Crippen molar-refractivity contribution in [1.82, 2.24) is 20.2 Å². The number of thioether (sulfide) groups is 1. The van der Waals surface area contributed by atoms with Crippen LogP contribution in [0.3, 0.4) is 0 Å². The van der Waals surface area contributed by atoms with Crippen molar-refractivity contribution in [2.45, 2.75) is 37.1 Å². The highest BCUT2D eigenvalue weighted by molar-refractivity contribution is 8.00. The Morgan fingerprint density at radius 2 is 2.12 bits per heavy atom. The number of rotatable bonds is 8. The molecule has 4 rings (SSSR count). The van der Waals surface area contributed by atoms with E-state index in [4.69, 9.17) is 4.74 Å². The van der Waals surface area contributed by atoms with Crippen molar-refractivity contribution in [3.05, 3.63) is 45.9 Å². The third-order valence-electron chi connectivity index (χ3n) is 5.52. The van der Waals surface area contributed by atoms with Crippen molar-refractivity contribution >= 4 is 45.7 Å². The molecule has 1 amide bonds. The Kier molecular flexibility index (Phi) is 7.28. The summed E-state index contributed by atoms with van der Waals surface area (Å²) in [5, 5.41) is 14.2. The maximum absolute atomic E-state index is 12.8. The van der Waals surface area contributed by atoms with Crippen molar-refractivity contribution in [2.75, 3.05) is 26.5 Å². The number of ketones is 1. The molecule has 3 heterocycles. The normalized spacial score (nSPS) is 18.5. The van der Waals surface area contributed by atoms with Crippen LogP contribution in [0.4, 0.5) is 0 Å². The summed E-state index contributed by atoms with van der Waals surface area (Å²) in [6, 6.07) is 8.97. The number of carbonyl (C=O) groups is 2. The molecule has 1 aliphatic heterocycles. The number of hydrogen-bond acceptors (Lipinski definition) is 9. The van der Waals surface area contributed by atoms with Crippen LogP contribution in [-0.2, 0) is 11.3 Å². The van der Waals surface area contributed by atoms with Crippen LogP contribution in [0.2, 0.25) is 0 Å². The number of likely N-dealkylation sites (tertiary alicyclic amines) is 1. The number of fused-ring (bicyclic) bond motifs is 1. The van der Waals surface area contributed by atoms with Gasteiger partial charge in [0.2, 0.25) is 5.91 Å². The van der Waals surface area contributed by atoms with E-state index in [1.165, 1.54) is 23.1 Å². The molecule has 2 aromatic heterocycles. The van der Waals surface area contributed by atoms with Gasteiger partial charge in [-0.15, -0.1) is 11.3 Å². The number of aliphatic hydroxyl groups excluding tert-OH is 1. The molecule has 10 heteroatoms. The molecule has 174 valence electrons. The molecular formula is C23H26N4O4S2. The number of ether oxygens (including phenoxy) is 1. The van der Waals surface area contributed by atoms with Gasteiger partial charge in [-0.2, -0.15) is 0 Å². The van der Waals surface area contributed by atoms with Crippen LogP contribution in [0.15, 0.2) is 35.4 Å². The molecule has 2 atom stereocenters. The number of carbonyl (C=O) groups excluding carboxylic acids is 2. The fraction of sp³-hybridized carbons (Fsp3) is 0.391. The number of hydrogen-bond donors (Lipinski definition) is 2. The SMILES string of the molecule is COc1ccc2nc(C)nc(SCC(=O)c3ccc(CNC(=O)[C@@H]4C[C@@H](O)CN4C)s3)c2c1. The molecule has 0 spiro atoms. The molecule has 8 nitrogen and oxygen atoms in total. The van der Waals surface area contributed by atoms with E-state index < -0.39 is 6.10 Å². The number of thiophene rings is 1. The Labute approximate surface area is 200 Å². The van der Waals surface area contributed by atoms with E-state index in [1.54, 1.807) is 13.2 Å². The number of amides is 1. The number of nitrogens with zero attached hydrogens (tertiary/aromatic N) is 3. The number of Topliss-reactive ketones (excluding diaryl/α,β-unsaturated/α-hetero) is 1. The third kappa shape index (κ3) is 5.52. The van der Waals surface area contributed by atoms with Crippen LogP contribution in [0.25, 0.3) is 10.9 Å². The summed E-state index contributed by atoms with van der Waals surface area (Å²) in [7, 11) is 3.44. The lowest BCUT2D eigenvalue weighted by atomic mass is 10.2. The molecule has 0 bridgehead atoms. The number of benzene rings is 1. The Hall–Kier alpha value is -2.53. The number of β-amino-alcohol motifs (C(OH)–C–C–N with tert-alkyl or cyclic N) is 1. The maximum atomic E-state index is 12.8. The van der Waals surface area contributed by atoms with Crippen molar-refractivity contribution in [2.24, 2.45) is 0 Å². The first-order valence-electron chi connectivity index (χ1n) is 10.6. The summed E-state index contributed by atoms with van der Waals surface area (Å²) in [5.74, 6) is 1.52. The lowest BCUT2D eigenvalue weighted by Gasteiger charge is -2.17. The molecule has 0 saturated carbocycles. The van der Waals surface area contributed by atoms with Gasteiger partial charge in [0, 0.05) is 16.8 Å². The summed E-state index contributed by atoms with van der Waals surface area (Å²) in [6.07, 6.45) is -0.0253. The monoisotopic (exact) mass is 486 g/mol. The highest BCUT2D eigenvalue weighted by Crippen LogP contribution is 2.29. The van der Waals surface area contributed by atoms with Gasteiger partial charge in [-0.05, 0) is 50.7 Å². The van der Waals surface area contributed by atoms with Crippen LogP contribution >= 0.6 is 23.1 Å². The minimum atomic E-state index is -0.467. The number of aryl methyl sites for hydroxylation is 1. The van der Waals surface area contributed by atoms with E-state index in [9.17, 15) is 14.7 Å². The first kappa shape index (κ1) is 23.6. The minimum absolute atomic E-state index is 0.00790. The van der Waals surface area contributed by atoms with E-state index >= 15 is 0 Å². The second-order valence-corrected chi connectivity index (χ2v) is 10.1. The lowest BCUT2D eigenvalue weighted by molar-refractivity contribution is -0.125. The van der Waals surface area contributed by atoms with Crippen molar-refractivity contribution in [3.63, 3.8) is 0 Å². The average molecular weight is 487 g/mol. The molecule has 0 aliphatic carbocycles. The molecule has 1 aliphatic rings. The Bertz CT molecular complexity index is 1180. The summed E-state index contributed by atoms with van der Waals surface area (Å²) < 4.78 is 5.31. The fourth-order valence-corrected chi connectivity index (χ4v) is 5.74. The minimum Gasteiger partial charge on any atom is -0.497 e. The first-order valence-corrected chi connectivity index (χ1v) is 12.4. The van der Waals surface area contributed by atoms with E-state index in [-0.39, 0.29) is 23.5 Å². The molecule has 1 fully saturated rings. The largest absolute Gasteiger partial charge is 0.497 e. The summed E-state index contributed by atoms with van der Waals surface area (Å²) in [5.41, 5.74) is 0.813. The van der Waals surface area contributed by atoms with Crippen molar-refractivity contribution in [1.29, 1.82) is 0 Å². The van der Waals surface area contributed by atoms with Gasteiger partial charge < -0.3 is 15.2 Å². The third-order valence-corrected chi connectivity index (χ3v) is 7.64. The average Bonchev–Trinajstić information content (AvgIpc) is 3.41. The highest BCUT2D eigenvalue weighted by atomic mass is 32.2. The standard InChI is InChI=1S/C23H26N4O4S2/c1-13-25-18-6-4-15(31-3)9-17(18)23(26-13)32-12-20(29)21-7-5-16(33-21)10-24-22(30)19-8-14(28)11-27(19)2/h4-7,9,14,19,28H,8,10-12H2,1-3H3,(H,24,30)/t14-,19+/m1/s1. The molecule has 1 saturated heterocycles. The van der Waals surface area contributed by atoms with Crippen molar-refractivity contribution in [3.8, 4) is 5.75 Å². The van der Waals surface area contributed by atoms with E-state index in [0.29, 0.717) is 36.0 Å². The van der Waals surface area contributed by atoms with Crippen LogP contribution in [-0.4, -0.2) is 70.3 Å². The van der Waals surface area contributed by atoms with Crippen LogP contribution in [0, 0.1) is 6.92 Å². The first-order chi connectivity index (χ1) is 15.8. The summed E-state index contributed by atoms with van der Waals surface area (Å²) in [6.45, 7) is 2.70. The van der Waals surface area contributed by atoms with Crippen LogP contribution < -0.4 is 10.1 Å². The van der Waals surface area contributed by atoms with Gasteiger partial charge in [0.1, 0.15) is 16.6 Å². The van der Waals surface area contributed by atoms with Gasteiger partial charge in [0.05, 0.1) is 41.9 Å². The Morgan fingerprint density at radius 1 is 1.30 bits per heavy atom. The molecule has 2 N–H and O–H groups in total. The lowest BCUT2D eigenvalue weighted by Crippen LogP contribution is -2.40. The fourth-order valence-electron chi connectivity index (χ4n) is 3.83. The maximum Gasteiger partial charge on any atom is 0.237 e. The van der Waals surface area contributed by atoms with E-state index in [1.807, 2.05) is 43.1 Å². The molecule has 0 unspecified atom stereocenters. The zero-order valence-electron chi connectivity index (χ0n) is 18.7. The molecule has 33 heavy (non-hydrogen) atoms. The zero-order chi connectivity index (χ0) is 23.5. The number of aromatic nitrogens is 2. The second kappa shape index (κ2) is 10.2. The Morgan fingerprint density at radius 3 is 2.85 bits per heavy atom. The number of methoxy groups -OCH3 is 1. The van der Waals surface area contributed by atoms with Crippen LogP contribution in [0.1, 0.15) is 26.8 Å². The smallest absolute Gasteiger partial charge is 0.237 e. The highest BCUT2D eigenvalue weighted by Gasteiger charge is 2.33. The number of likely N-dealkylation sites (N-methyl/N-ethyl adjacent to an activating group) is 1. The van der Waals surface area contributed by atoms with E-state index in [0.717, 1.165) is 20.8 Å². The quantitative estimate of drug-likeness (QED) is 0.285. The van der Waals surface area contributed by atoms with Gasteiger partial charge in [-0.25, -0.2) is 9.97 Å². The zero-order valence-corrected chi connectivity index (χ0v) is 20.3. The molecular weight excluding hydrogens is 460 g/mol. The van der Waals surface area contributed by atoms with Gasteiger partial charge in [-0.1, -0.05) is 11.8 Å². The predicted octanol–water partition coefficient (Wildman–Crippen LogP) is 2.66. The topological polar surface area (TPSA) is 105 Å². The number of aliphatic hydroxyl groups is 1. The molecule has 3 aromatic rings. The Balaban J connectivity index is 1.37. The van der Waals surface area contributed by atoms with Gasteiger partial charge in [0.25, 0.3) is 0 Å². The number of nitrogens with one attached hydrogen (secondary N) is 1. The van der Waals surface area contributed by atoms with Crippen molar-refractivity contribution < 1.29 is 19.4 Å². The molecule has 0 radical (unpaired) electrons.